The van der Waals surface area contributed by atoms with Gasteiger partial charge in [-0.25, -0.2) is 0 Å². The first-order valence-corrected chi connectivity index (χ1v) is 10.8. The van der Waals surface area contributed by atoms with Crippen molar-refractivity contribution in [2.45, 2.75) is 25.9 Å². The molecule has 0 unspecified atom stereocenters. The fourth-order valence-electron chi connectivity index (χ4n) is 3.45. The Labute approximate surface area is 194 Å². The number of rotatable bonds is 9. The Morgan fingerprint density at radius 2 is 1.59 bits per heavy atom. The molecule has 1 N–H and O–H groups in total. The lowest BCUT2D eigenvalue weighted by Crippen LogP contribution is -2.51. The second-order valence-electron chi connectivity index (χ2n) is 7.52. The average Bonchev–Trinajstić information content (AvgIpc) is 2.82. The number of hydrogen-bond acceptors (Lipinski definition) is 3. The number of halogens is 1. The molecule has 0 aromatic heterocycles. The van der Waals surface area contributed by atoms with Crippen LogP contribution in [0, 0.1) is 6.92 Å². The zero-order valence-corrected chi connectivity index (χ0v) is 19.0. The van der Waals surface area contributed by atoms with Crippen LogP contribution in [0.4, 0.5) is 0 Å². The largest absolute Gasteiger partial charge is 0.484 e. The number of benzene rings is 3. The number of nitrogens with one attached hydrogen (secondary N) is 1. The van der Waals surface area contributed by atoms with Gasteiger partial charge in [0, 0.05) is 25.0 Å². The van der Waals surface area contributed by atoms with Gasteiger partial charge in [-0.1, -0.05) is 72.3 Å². The van der Waals surface area contributed by atoms with Crippen molar-refractivity contribution in [3.05, 3.63) is 101 Å². The maximum Gasteiger partial charge on any atom is 0.261 e. The number of carbonyl (C=O) groups excluding carboxylic acids is 2. The molecule has 0 spiro atoms. The zero-order chi connectivity index (χ0) is 22.9. The van der Waals surface area contributed by atoms with Crippen LogP contribution in [0.5, 0.6) is 5.75 Å². The molecule has 5 nitrogen and oxygen atoms in total. The Kier molecular flexibility index (Phi) is 8.28. The second-order valence-corrected chi connectivity index (χ2v) is 7.96. The van der Waals surface area contributed by atoms with Crippen LogP contribution in [0.2, 0.25) is 5.02 Å². The molecule has 0 bridgehead atoms. The van der Waals surface area contributed by atoms with E-state index in [0.29, 0.717) is 17.2 Å². The summed E-state index contributed by atoms with van der Waals surface area (Å²) in [4.78, 5) is 27.8. The summed E-state index contributed by atoms with van der Waals surface area (Å²) in [5.74, 6) is 0.145. The van der Waals surface area contributed by atoms with Gasteiger partial charge in [0.15, 0.2) is 6.61 Å². The molecule has 0 radical (unpaired) electrons. The fraction of sp³-hybridized carbons (Fsp3) is 0.231. The lowest BCUT2D eigenvalue weighted by molar-refractivity contribution is -0.142. The summed E-state index contributed by atoms with van der Waals surface area (Å²) in [6, 6.07) is 23.8. The summed E-state index contributed by atoms with van der Waals surface area (Å²) in [5.41, 5.74) is 2.78. The van der Waals surface area contributed by atoms with Gasteiger partial charge in [0.1, 0.15) is 11.8 Å². The first-order valence-electron chi connectivity index (χ1n) is 10.5. The molecular weight excluding hydrogens is 424 g/mol. The number of amides is 2. The van der Waals surface area contributed by atoms with Crippen molar-refractivity contribution in [2.24, 2.45) is 0 Å². The molecule has 3 aromatic carbocycles. The summed E-state index contributed by atoms with van der Waals surface area (Å²) in [7, 11) is 1.58. The van der Waals surface area contributed by atoms with Gasteiger partial charge >= 0.3 is 0 Å². The highest BCUT2D eigenvalue weighted by molar-refractivity contribution is 6.30. The fourth-order valence-corrected chi connectivity index (χ4v) is 3.57. The first kappa shape index (κ1) is 23.4. The second kappa shape index (κ2) is 11.3. The Bertz CT molecular complexity index is 1040. The van der Waals surface area contributed by atoms with Gasteiger partial charge in [-0.05, 0) is 41.8 Å². The number of carbonyl (C=O) groups is 2. The third-order valence-electron chi connectivity index (χ3n) is 5.23. The lowest BCUT2D eigenvalue weighted by Gasteiger charge is -2.31. The molecule has 0 saturated carbocycles. The van der Waals surface area contributed by atoms with Crippen molar-refractivity contribution < 1.29 is 14.3 Å². The summed E-state index contributed by atoms with van der Waals surface area (Å²) in [6.07, 6.45) is 0.393. The zero-order valence-electron chi connectivity index (χ0n) is 18.3. The number of aryl methyl sites for hydroxylation is 1. The molecule has 0 aliphatic rings. The quantitative estimate of drug-likeness (QED) is 0.525. The highest BCUT2D eigenvalue weighted by Crippen LogP contribution is 2.19. The van der Waals surface area contributed by atoms with Crippen molar-refractivity contribution in [3.8, 4) is 5.75 Å². The van der Waals surface area contributed by atoms with E-state index in [0.717, 1.165) is 16.7 Å². The number of hydrogen-bond donors (Lipinski definition) is 1. The molecule has 3 aromatic rings. The molecule has 1 atom stereocenters. The van der Waals surface area contributed by atoms with Crippen molar-refractivity contribution in [2.75, 3.05) is 13.7 Å². The van der Waals surface area contributed by atoms with E-state index >= 15 is 0 Å². The molecule has 0 aliphatic carbocycles. The predicted molar refractivity (Wildman–Crippen MR) is 127 cm³/mol. The number of para-hydroxylation sites is 1. The minimum atomic E-state index is -0.689. The van der Waals surface area contributed by atoms with E-state index in [1.165, 1.54) is 0 Å². The molecule has 0 saturated heterocycles. The van der Waals surface area contributed by atoms with Crippen LogP contribution in [0.15, 0.2) is 78.9 Å². The average molecular weight is 451 g/mol. The minimum Gasteiger partial charge on any atom is -0.484 e. The van der Waals surface area contributed by atoms with Gasteiger partial charge in [0.25, 0.3) is 5.91 Å². The summed E-state index contributed by atoms with van der Waals surface area (Å²) in [5, 5.41) is 3.32. The van der Waals surface area contributed by atoms with Crippen LogP contribution < -0.4 is 10.1 Å². The van der Waals surface area contributed by atoms with Crippen LogP contribution in [-0.4, -0.2) is 36.4 Å². The van der Waals surface area contributed by atoms with Crippen LogP contribution in [-0.2, 0) is 22.6 Å². The van der Waals surface area contributed by atoms with Crippen molar-refractivity contribution in [3.63, 3.8) is 0 Å². The van der Waals surface area contributed by atoms with Gasteiger partial charge < -0.3 is 15.0 Å². The van der Waals surface area contributed by atoms with Gasteiger partial charge in [0.05, 0.1) is 0 Å². The van der Waals surface area contributed by atoms with Crippen LogP contribution in [0.3, 0.4) is 0 Å². The molecule has 0 heterocycles. The minimum absolute atomic E-state index is 0.166. The Morgan fingerprint density at radius 1 is 0.938 bits per heavy atom. The predicted octanol–water partition coefficient (Wildman–Crippen LogP) is 4.41. The maximum absolute atomic E-state index is 13.3. The summed E-state index contributed by atoms with van der Waals surface area (Å²) < 4.78 is 5.81. The van der Waals surface area contributed by atoms with E-state index in [-0.39, 0.29) is 25.0 Å². The lowest BCUT2D eigenvalue weighted by atomic mass is 10.0. The number of ether oxygens (including phenoxy) is 1. The Hall–Kier alpha value is -3.31. The monoisotopic (exact) mass is 450 g/mol. The maximum atomic E-state index is 13.3. The van der Waals surface area contributed by atoms with Gasteiger partial charge in [-0.2, -0.15) is 0 Å². The Balaban J connectivity index is 1.87. The number of likely N-dealkylation sites (N-methyl/N-ethyl adjacent to an activating group) is 1. The molecule has 2 amide bonds. The van der Waals surface area contributed by atoms with E-state index in [4.69, 9.17) is 16.3 Å². The van der Waals surface area contributed by atoms with E-state index in [1.807, 2.05) is 73.7 Å². The van der Waals surface area contributed by atoms with E-state index in [1.54, 1.807) is 24.1 Å². The van der Waals surface area contributed by atoms with Crippen LogP contribution in [0.1, 0.15) is 16.7 Å². The number of nitrogens with zero attached hydrogens (tertiary/aromatic N) is 1. The Morgan fingerprint density at radius 3 is 2.25 bits per heavy atom. The topological polar surface area (TPSA) is 58.6 Å². The van der Waals surface area contributed by atoms with Crippen molar-refractivity contribution in [1.82, 2.24) is 10.2 Å². The SMILES string of the molecule is CNC(=O)[C@@H](Cc1ccccc1)N(Cc1ccc(Cl)cc1)C(=O)COc1ccccc1C. The third kappa shape index (κ3) is 6.34. The molecular formula is C26H27ClN2O3. The van der Waals surface area contributed by atoms with Gasteiger partial charge in [-0.15, -0.1) is 0 Å². The van der Waals surface area contributed by atoms with Gasteiger partial charge in [-0.3, -0.25) is 9.59 Å². The molecule has 166 valence electrons. The normalized spacial score (nSPS) is 11.5. The standard InChI is InChI=1S/C26H27ClN2O3/c1-19-8-6-7-11-24(19)32-18-25(30)29(17-21-12-14-22(27)15-13-21)23(26(31)28-2)16-20-9-4-3-5-10-20/h3-15,23H,16-18H2,1-2H3,(H,28,31)/t23-/m1/s1. The van der Waals surface area contributed by atoms with Crippen molar-refractivity contribution in [1.29, 1.82) is 0 Å². The highest BCUT2D eigenvalue weighted by atomic mass is 35.5. The smallest absolute Gasteiger partial charge is 0.261 e. The van der Waals surface area contributed by atoms with E-state index in [9.17, 15) is 9.59 Å². The van der Waals surface area contributed by atoms with Crippen LogP contribution >= 0.6 is 11.6 Å². The molecule has 32 heavy (non-hydrogen) atoms. The van der Waals surface area contributed by atoms with E-state index in [2.05, 4.69) is 5.32 Å². The third-order valence-corrected chi connectivity index (χ3v) is 5.48. The summed E-state index contributed by atoms with van der Waals surface area (Å²) in [6.45, 7) is 2.02. The molecule has 0 aliphatic heterocycles. The molecule has 3 rings (SSSR count). The van der Waals surface area contributed by atoms with Crippen molar-refractivity contribution >= 4 is 23.4 Å². The first-order chi connectivity index (χ1) is 15.5. The van der Waals surface area contributed by atoms with E-state index < -0.39 is 6.04 Å². The molecule has 0 fully saturated rings. The van der Waals surface area contributed by atoms with Crippen LogP contribution in [0.25, 0.3) is 0 Å². The summed E-state index contributed by atoms with van der Waals surface area (Å²) >= 11 is 6.02. The molecule has 6 heteroatoms. The highest BCUT2D eigenvalue weighted by Gasteiger charge is 2.30. The van der Waals surface area contributed by atoms with Gasteiger partial charge in [0.2, 0.25) is 5.91 Å².